The number of hydrogen-bond acceptors (Lipinski definition) is 7. The molecule has 0 saturated heterocycles. The first kappa shape index (κ1) is 51.5. The lowest BCUT2D eigenvalue weighted by Crippen LogP contribution is -2.33. The molecule has 9 nitrogen and oxygen atoms in total. The third-order valence-electron chi connectivity index (χ3n) is 11.5. The van der Waals surface area contributed by atoms with E-state index in [0.717, 1.165) is 83.9 Å². The number of methoxy groups -OCH3 is 1. The van der Waals surface area contributed by atoms with E-state index >= 15 is 0 Å². The van der Waals surface area contributed by atoms with E-state index in [1.54, 1.807) is 18.2 Å². The molecule has 0 fully saturated rings. The molecule has 0 heterocycles. The number of phenols is 2. The van der Waals surface area contributed by atoms with Gasteiger partial charge in [0, 0.05) is 28.8 Å². The third kappa shape index (κ3) is 15.2. The van der Waals surface area contributed by atoms with Crippen molar-refractivity contribution < 1.29 is 29.3 Å². The number of benzene rings is 4. The largest absolute Gasteiger partial charge is 0.507 e. The number of aryl methyl sites for hydroxylation is 4. The lowest BCUT2D eigenvalue weighted by molar-refractivity contribution is -0.123. The summed E-state index contributed by atoms with van der Waals surface area (Å²) < 4.78 is 11.5. The molecule has 0 aliphatic rings. The number of carbonyl (C=O) groups is 2. The first-order valence-corrected chi connectivity index (χ1v) is 22.5. The lowest BCUT2D eigenvalue weighted by atomic mass is 9.76. The highest BCUT2D eigenvalue weighted by atomic mass is 35.5. The first-order valence-electron chi connectivity index (χ1n) is 22.2. The normalized spacial score (nSPS) is 12.5. The van der Waals surface area contributed by atoms with Crippen molar-refractivity contribution in [1.29, 1.82) is 0 Å². The van der Waals surface area contributed by atoms with Crippen LogP contribution in [0.3, 0.4) is 0 Å². The molecule has 0 aliphatic carbocycles. The van der Waals surface area contributed by atoms with Gasteiger partial charge in [0.25, 0.3) is 5.91 Å². The van der Waals surface area contributed by atoms with Crippen molar-refractivity contribution in [2.24, 2.45) is 11.3 Å². The Kier molecular flexibility index (Phi) is 19.5. The molecule has 10 heteroatoms. The number of unbranched alkanes of at least 4 members (excludes halogenated alkanes) is 3. The van der Waals surface area contributed by atoms with E-state index in [-0.39, 0.29) is 22.7 Å². The van der Waals surface area contributed by atoms with Crippen molar-refractivity contribution >= 4 is 35.3 Å². The molecule has 4 aromatic rings. The highest BCUT2D eigenvalue weighted by molar-refractivity contribution is 6.32. The Balaban J connectivity index is 0.000000341. The fourth-order valence-electron chi connectivity index (χ4n) is 8.05. The van der Waals surface area contributed by atoms with Crippen molar-refractivity contribution in [1.82, 2.24) is 5.43 Å². The summed E-state index contributed by atoms with van der Waals surface area (Å²) >= 11 is 6.57. The van der Waals surface area contributed by atoms with Gasteiger partial charge in [-0.15, -0.1) is 0 Å². The minimum Gasteiger partial charge on any atom is -0.507 e. The Hall–Kier alpha value is -4.89. The maximum atomic E-state index is 13.2. The number of hydrogen-bond donors (Lipinski definition) is 5. The summed E-state index contributed by atoms with van der Waals surface area (Å²) in [4.78, 5) is 23.8. The van der Waals surface area contributed by atoms with E-state index < -0.39 is 6.10 Å². The number of hydrazine groups is 1. The topological polar surface area (TPSA) is 129 Å². The summed E-state index contributed by atoms with van der Waals surface area (Å²) in [7, 11) is 1.51. The maximum Gasteiger partial charge on any atom is 0.265 e. The van der Waals surface area contributed by atoms with Crippen LogP contribution < -0.4 is 25.6 Å². The van der Waals surface area contributed by atoms with Crippen molar-refractivity contribution in [2.75, 3.05) is 17.9 Å². The number of aromatic hydroxyl groups is 2. The molecule has 340 valence electrons. The molecule has 0 radical (unpaired) electrons. The predicted molar refractivity (Wildman–Crippen MR) is 257 cm³/mol. The molecule has 2 amide bonds. The third-order valence-corrected chi connectivity index (χ3v) is 11.8. The monoisotopic (exact) mass is 872 g/mol. The molecule has 0 spiro atoms. The van der Waals surface area contributed by atoms with Gasteiger partial charge >= 0.3 is 0 Å². The van der Waals surface area contributed by atoms with Crippen LogP contribution in [0.4, 0.5) is 11.4 Å². The first-order chi connectivity index (χ1) is 29.1. The maximum absolute atomic E-state index is 13.2. The van der Waals surface area contributed by atoms with Gasteiger partial charge in [-0.05, 0) is 118 Å². The zero-order valence-corrected chi connectivity index (χ0v) is 40.4. The SMILES string of the molecule is CCCCCCC(Oc1ccc(C(C)(C)CC)cc1Cl)C(=O)Nc1ccc(NNC=O)c(OC)c1.Cc1cc(C)c(O)c(C(CC(C)CC(C)(C)C)c2cc(C)cc(C)c2O)c1. The van der Waals surface area contributed by atoms with Crippen LogP contribution in [0.1, 0.15) is 152 Å². The average Bonchev–Trinajstić information content (AvgIpc) is 3.20. The summed E-state index contributed by atoms with van der Waals surface area (Å²) in [6.45, 7) is 25.7. The quantitative estimate of drug-likeness (QED) is 0.0340. The number of rotatable bonds is 20. The van der Waals surface area contributed by atoms with Crippen LogP contribution in [0.15, 0.2) is 60.7 Å². The van der Waals surface area contributed by atoms with Gasteiger partial charge in [0.05, 0.1) is 17.8 Å². The summed E-state index contributed by atoms with van der Waals surface area (Å²) in [6, 6.07) is 19.1. The van der Waals surface area contributed by atoms with Crippen LogP contribution in [0.25, 0.3) is 0 Å². The molecule has 0 aliphatic heterocycles. The highest BCUT2D eigenvalue weighted by Crippen LogP contribution is 2.44. The van der Waals surface area contributed by atoms with E-state index in [2.05, 4.69) is 97.5 Å². The van der Waals surface area contributed by atoms with Gasteiger partial charge in [-0.25, -0.2) is 0 Å². The average molecular weight is 873 g/mol. The fourth-order valence-corrected chi connectivity index (χ4v) is 8.27. The van der Waals surface area contributed by atoms with Gasteiger partial charge in [0.15, 0.2) is 6.10 Å². The summed E-state index contributed by atoms with van der Waals surface area (Å²) in [5, 5.41) is 25.1. The minimum absolute atomic E-state index is 0.000412. The second-order valence-corrected chi connectivity index (χ2v) is 19.2. The number of nitrogens with one attached hydrogen (secondary N) is 3. The van der Waals surface area contributed by atoms with E-state index in [1.165, 1.54) is 7.11 Å². The standard InChI is InChI=1S/C27H38ClN3O4.C25H36O2/c1-6-8-9-10-11-24(35-23-15-12-19(16-21(23)28)27(3,4)7-2)26(33)30-20-13-14-22(31-29-18-32)25(17-20)34-5;1-15-9-18(4)23(26)21(11-15)20(13-17(3)14-25(6,7)8)22-12-16(2)10-19(5)24(22)27/h12-18,24,31H,6-11H2,1-5H3,(H,29,32)(H,30,33);9-12,17,20,26-27H,13-14H2,1-8H3. The molecule has 0 aromatic heterocycles. The summed E-state index contributed by atoms with van der Waals surface area (Å²) in [5.41, 5.74) is 13.5. The van der Waals surface area contributed by atoms with Gasteiger partial charge in [0.2, 0.25) is 6.41 Å². The van der Waals surface area contributed by atoms with Crippen LogP contribution in [0.2, 0.25) is 5.02 Å². The number of ether oxygens (including phenoxy) is 2. The second kappa shape index (κ2) is 23.5. The zero-order chi connectivity index (χ0) is 46.4. The Labute approximate surface area is 377 Å². The van der Waals surface area contributed by atoms with Gasteiger partial charge in [-0.2, -0.15) is 0 Å². The Morgan fingerprint density at radius 2 is 1.44 bits per heavy atom. The lowest BCUT2D eigenvalue weighted by Gasteiger charge is -2.29. The van der Waals surface area contributed by atoms with Gasteiger partial charge < -0.3 is 25.0 Å². The smallest absolute Gasteiger partial charge is 0.265 e. The summed E-state index contributed by atoms with van der Waals surface area (Å²) in [6.07, 6.45) is 7.48. The van der Waals surface area contributed by atoms with Crippen molar-refractivity contribution in [2.45, 2.75) is 152 Å². The van der Waals surface area contributed by atoms with Gasteiger partial charge in [-0.1, -0.05) is 128 Å². The number of anilines is 2. The Morgan fingerprint density at radius 3 is 1.95 bits per heavy atom. The van der Waals surface area contributed by atoms with Crippen LogP contribution >= 0.6 is 11.6 Å². The molecule has 0 saturated carbocycles. The molecule has 5 N–H and O–H groups in total. The molecule has 4 aromatic carbocycles. The van der Waals surface area contributed by atoms with Crippen molar-refractivity contribution in [3.63, 3.8) is 0 Å². The van der Waals surface area contributed by atoms with Crippen LogP contribution in [-0.2, 0) is 15.0 Å². The highest BCUT2D eigenvalue weighted by Gasteiger charge is 2.28. The van der Waals surface area contributed by atoms with Crippen LogP contribution in [-0.4, -0.2) is 35.7 Å². The second-order valence-electron chi connectivity index (χ2n) is 18.8. The summed E-state index contributed by atoms with van der Waals surface area (Å²) in [5.74, 6) is 1.85. The van der Waals surface area contributed by atoms with E-state index in [1.807, 2.05) is 44.2 Å². The van der Waals surface area contributed by atoms with Gasteiger partial charge in [0.1, 0.15) is 23.0 Å². The molecule has 2 atom stereocenters. The Bertz CT molecular complexity index is 2030. The van der Waals surface area contributed by atoms with E-state index in [0.29, 0.717) is 58.1 Å². The predicted octanol–water partition coefficient (Wildman–Crippen LogP) is 13.4. The van der Waals surface area contributed by atoms with Crippen molar-refractivity contribution in [3.8, 4) is 23.0 Å². The minimum atomic E-state index is -0.699. The Morgan fingerprint density at radius 1 is 0.823 bits per heavy atom. The molecule has 4 rings (SSSR count). The molecule has 0 bridgehead atoms. The fraction of sp³-hybridized carbons (Fsp3) is 0.500. The van der Waals surface area contributed by atoms with Crippen LogP contribution in [0, 0.1) is 39.0 Å². The number of phenolic OH excluding ortho intramolecular Hbond substituents is 2. The number of carbonyl (C=O) groups excluding carboxylic acids is 2. The van der Waals surface area contributed by atoms with Crippen molar-refractivity contribution in [3.05, 3.63) is 105 Å². The number of amides is 2. The zero-order valence-electron chi connectivity index (χ0n) is 39.6. The molecular weight excluding hydrogens is 798 g/mol. The van der Waals surface area contributed by atoms with E-state index in [9.17, 15) is 19.8 Å². The molecular formula is C52H74ClN3O6. The van der Waals surface area contributed by atoms with Gasteiger partial charge in [-0.3, -0.25) is 20.4 Å². The molecule has 62 heavy (non-hydrogen) atoms. The number of halogens is 1. The van der Waals surface area contributed by atoms with E-state index in [4.69, 9.17) is 21.1 Å². The van der Waals surface area contributed by atoms with Crippen LogP contribution in [0.5, 0.6) is 23.0 Å². The molecule has 2 unspecified atom stereocenters.